The number of amides is 2. The monoisotopic (exact) mass is 948 g/mol. The average molecular weight is 949 g/mol. The summed E-state index contributed by atoms with van der Waals surface area (Å²) in [4.78, 5) is 118. The average Bonchev–Trinajstić information content (AvgIpc) is 3.19. The van der Waals surface area contributed by atoms with Crippen LogP contribution < -0.4 is 10.6 Å². The van der Waals surface area contributed by atoms with E-state index in [9.17, 15) is 68.7 Å². The molecule has 0 radical (unpaired) electrons. The summed E-state index contributed by atoms with van der Waals surface area (Å²) in [6.07, 6.45) is -20.7. The maximum atomic E-state index is 13.5. The molecule has 14 unspecified atom stereocenters. The first-order valence-electron chi connectivity index (χ1n) is 20.9. The van der Waals surface area contributed by atoms with Crippen LogP contribution in [0, 0.1) is 0 Å². The molecule has 0 aliphatic carbocycles. The van der Waals surface area contributed by atoms with Gasteiger partial charge >= 0.3 is 282 Å². The van der Waals surface area contributed by atoms with Crippen LogP contribution >= 0.6 is 8.17 Å². The van der Waals surface area contributed by atoms with E-state index >= 15 is 0 Å². The fourth-order valence-corrected chi connectivity index (χ4v) is 7.26. The summed E-state index contributed by atoms with van der Waals surface area (Å²) in [6, 6.07) is -3.44. The van der Waals surface area contributed by atoms with Gasteiger partial charge in [0.1, 0.15) is 6.10 Å². The standard InChI is InChI=1S/C38H65N2O23P/c1-8-21(44)13-29(48)61-35-31(39-27(46)14-22(9-2)57-20(7)43)37(51)59-25(33(35)50)17-55-38-32(40-26(45)12-18(5)56-19(6)42)36(34(24(16-41)60-38)63-64(52,53)54)62-30(49)15-23(10-3)58-28(47)11-4/h18,21-25,31-38,41,44,50-54,64H,8-17H2,1-7H3,(H,39,46)(H,40,45). The van der Waals surface area contributed by atoms with Gasteiger partial charge in [-0.15, -0.1) is 0 Å². The molecule has 25 nitrogen and oxygen atoms in total. The second-order valence-corrected chi connectivity index (χ2v) is 16.6. The van der Waals surface area contributed by atoms with E-state index in [0.29, 0.717) is 0 Å². The van der Waals surface area contributed by atoms with Crippen molar-refractivity contribution >= 4 is 49.8 Å². The molecule has 2 saturated heterocycles. The van der Waals surface area contributed by atoms with Crippen LogP contribution in [0.2, 0.25) is 0 Å². The first-order chi connectivity index (χ1) is 29.9. The summed E-state index contributed by atoms with van der Waals surface area (Å²) in [5.41, 5.74) is 0. The predicted octanol–water partition coefficient (Wildman–Crippen LogP) is -2.28. The number of hydrogen-bond acceptors (Lipinski definition) is 23. The van der Waals surface area contributed by atoms with Gasteiger partial charge in [-0.2, -0.15) is 0 Å². The number of aliphatic hydroxyl groups is 4. The third-order valence-electron chi connectivity index (χ3n) is 9.78. The van der Waals surface area contributed by atoms with Gasteiger partial charge in [0, 0.05) is 6.92 Å². The van der Waals surface area contributed by atoms with Crippen molar-refractivity contribution in [2.45, 2.75) is 186 Å². The van der Waals surface area contributed by atoms with E-state index in [1.807, 2.05) is 0 Å². The van der Waals surface area contributed by atoms with Crippen molar-refractivity contribution in [1.82, 2.24) is 10.6 Å². The molecule has 0 saturated carbocycles. The number of esters is 5. The zero-order chi connectivity index (χ0) is 48.5. The number of ether oxygens (including phenoxy) is 8. The Balaban J connectivity index is 2.57. The van der Waals surface area contributed by atoms with Gasteiger partial charge in [-0.3, -0.25) is 14.4 Å². The second kappa shape index (κ2) is 27.0. The summed E-state index contributed by atoms with van der Waals surface area (Å²) in [7, 11) is -5.58. The molecule has 26 heteroatoms. The van der Waals surface area contributed by atoms with Crippen LogP contribution in [0.3, 0.4) is 0 Å². The predicted molar refractivity (Wildman–Crippen MR) is 214 cm³/mol. The number of carbonyl (C=O) groups excluding carboxylic acids is 7. The van der Waals surface area contributed by atoms with Gasteiger partial charge in [0.2, 0.25) is 5.91 Å². The Morgan fingerprint density at radius 2 is 1.23 bits per heavy atom. The second-order valence-electron chi connectivity index (χ2n) is 15.2. The third-order valence-corrected chi connectivity index (χ3v) is 10.4. The van der Waals surface area contributed by atoms with Crippen molar-refractivity contribution in [2.75, 3.05) is 13.2 Å². The normalized spacial score (nSPS) is 28.0. The minimum absolute atomic E-state index is 0.0252. The van der Waals surface area contributed by atoms with E-state index in [0.717, 1.165) is 13.8 Å². The molecule has 2 amide bonds. The van der Waals surface area contributed by atoms with Gasteiger partial charge in [-0.25, -0.2) is 0 Å². The van der Waals surface area contributed by atoms with Gasteiger partial charge in [0.25, 0.3) is 0 Å². The molecular formula is C38H65N2O23P. The van der Waals surface area contributed by atoms with Crippen molar-refractivity contribution in [2.24, 2.45) is 0 Å². The molecule has 0 aromatic carbocycles. The first kappa shape index (κ1) is 56.4. The number of rotatable bonds is 25. The molecule has 2 aliphatic heterocycles. The van der Waals surface area contributed by atoms with Crippen LogP contribution in [-0.2, 0) is 76.0 Å². The van der Waals surface area contributed by atoms with E-state index < -0.39 is 174 Å². The van der Waals surface area contributed by atoms with Crippen LogP contribution in [0.25, 0.3) is 0 Å². The molecule has 2 fully saturated rings. The van der Waals surface area contributed by atoms with E-state index in [1.54, 1.807) is 20.8 Å². The van der Waals surface area contributed by atoms with Crippen molar-refractivity contribution in [3.63, 3.8) is 0 Å². The van der Waals surface area contributed by atoms with Gasteiger partial charge in [0.15, 0.2) is 0 Å². The van der Waals surface area contributed by atoms with Crippen molar-refractivity contribution in [1.29, 1.82) is 0 Å². The topological polar surface area (TPSA) is 368 Å². The fraction of sp³-hybridized carbons (Fsp3) is 0.816. The molecule has 9 N–H and O–H groups in total. The zero-order valence-corrected chi connectivity index (χ0v) is 37.8. The van der Waals surface area contributed by atoms with Crippen LogP contribution in [0.1, 0.15) is 99.8 Å². The zero-order valence-electron chi connectivity index (χ0n) is 36.8. The van der Waals surface area contributed by atoms with Crippen molar-refractivity contribution < 1.29 is 111 Å². The Morgan fingerprint density at radius 3 is 1.78 bits per heavy atom. The van der Waals surface area contributed by atoms with Gasteiger partial charge < -0.3 is 9.84 Å². The summed E-state index contributed by atoms with van der Waals surface area (Å²) in [6.45, 7) is 8.08. The summed E-state index contributed by atoms with van der Waals surface area (Å²) in [5, 5.41) is 48.1. The van der Waals surface area contributed by atoms with Crippen molar-refractivity contribution in [3.05, 3.63) is 0 Å². The molecular weight excluding hydrogens is 883 g/mol. The molecule has 2 heterocycles. The molecule has 14 atom stereocenters. The van der Waals surface area contributed by atoms with Gasteiger partial charge in [-0.1, -0.05) is 13.8 Å². The number of aliphatic hydroxyl groups excluding tert-OH is 4. The SMILES string of the molecule is CCC(=O)OC(CC)CC(=O)OC1C(NC(=O)CC(C)OC(C)=O)C(OCC2OC(O)C(NC(=O)CC(CC)OC(C)=O)C(OC(=O)CC(O)CC)C2O)OC(CO)C1O[PH](O)(O)O. The number of carbonyl (C=O) groups is 7. The van der Waals surface area contributed by atoms with Crippen LogP contribution in [-0.4, -0.2) is 176 Å². The van der Waals surface area contributed by atoms with E-state index in [-0.39, 0.29) is 25.7 Å². The summed E-state index contributed by atoms with van der Waals surface area (Å²) < 4.78 is 49.0. The molecule has 0 aromatic heterocycles. The molecule has 0 aromatic rings. The Bertz CT molecular complexity index is 1550. The summed E-state index contributed by atoms with van der Waals surface area (Å²) in [5.74, 6) is -5.92. The Labute approximate surface area is 369 Å². The fourth-order valence-electron chi connectivity index (χ4n) is 6.61. The molecule has 0 spiro atoms. The summed E-state index contributed by atoms with van der Waals surface area (Å²) >= 11 is 0. The Hall–Kier alpha value is -3.72. The number of nitrogens with one attached hydrogen (secondary N) is 2. The maximum absolute atomic E-state index is 13.5. The quantitative estimate of drug-likeness (QED) is 0.0264. The molecule has 2 rings (SSSR count). The number of hydrogen-bond donors (Lipinski definition) is 9. The molecule has 0 bridgehead atoms. The molecule has 370 valence electrons. The van der Waals surface area contributed by atoms with E-state index in [1.165, 1.54) is 13.8 Å². The van der Waals surface area contributed by atoms with Crippen molar-refractivity contribution in [3.8, 4) is 0 Å². The Kier molecular flexibility index (Phi) is 23.8. The van der Waals surface area contributed by atoms with E-state index in [2.05, 4.69) is 10.6 Å². The molecule has 2 aliphatic rings. The van der Waals surface area contributed by atoms with Gasteiger partial charge in [-0.05, 0) is 12.8 Å². The minimum atomic E-state index is -5.58. The van der Waals surface area contributed by atoms with Crippen LogP contribution in [0.5, 0.6) is 0 Å². The molecule has 64 heavy (non-hydrogen) atoms. The van der Waals surface area contributed by atoms with Gasteiger partial charge in [0.05, 0.1) is 18.9 Å². The first-order valence-corrected chi connectivity index (χ1v) is 22.6. The third kappa shape index (κ3) is 19.0. The van der Waals surface area contributed by atoms with Crippen LogP contribution in [0.4, 0.5) is 0 Å². The van der Waals surface area contributed by atoms with Crippen LogP contribution in [0.15, 0.2) is 0 Å². The van der Waals surface area contributed by atoms with E-state index in [4.69, 9.17) is 42.4 Å². The Morgan fingerprint density at radius 1 is 0.672 bits per heavy atom.